The average Bonchev–Trinajstić information content (AvgIpc) is 2.44. The number of hydrogen-bond donors (Lipinski definition) is 2. The van der Waals surface area contributed by atoms with E-state index in [0.29, 0.717) is 32.2 Å². The molecule has 3 N–H and O–H groups in total. The number of carbonyl (C=O) groups excluding carboxylic acids is 1. The third-order valence-electron chi connectivity index (χ3n) is 2.64. The zero-order chi connectivity index (χ0) is 14.8. The van der Waals surface area contributed by atoms with Gasteiger partial charge in [0.15, 0.2) is 0 Å². The lowest BCUT2D eigenvalue weighted by Crippen LogP contribution is -2.31. The third kappa shape index (κ3) is 7.23. The van der Waals surface area contributed by atoms with Gasteiger partial charge >= 0.3 is 0 Å². The van der Waals surface area contributed by atoms with Gasteiger partial charge < -0.3 is 9.47 Å². The molecule has 0 bridgehead atoms. The van der Waals surface area contributed by atoms with Crippen LogP contribution in [0.25, 0.3) is 0 Å². The lowest BCUT2D eigenvalue weighted by molar-refractivity contribution is -0.120. The van der Waals surface area contributed by atoms with Gasteiger partial charge in [0.2, 0.25) is 5.91 Å². The molecule has 0 atom stereocenters. The van der Waals surface area contributed by atoms with Crippen LogP contribution in [0.1, 0.15) is 25.0 Å². The molecule has 0 aromatic heterocycles. The van der Waals surface area contributed by atoms with Crippen LogP contribution in [-0.2, 0) is 27.3 Å². The molecule has 1 aromatic rings. The van der Waals surface area contributed by atoms with Crippen molar-refractivity contribution in [3.63, 3.8) is 0 Å². The van der Waals surface area contributed by atoms with E-state index in [0.717, 1.165) is 17.7 Å². The highest BCUT2D eigenvalue weighted by Crippen LogP contribution is 2.06. The Balaban J connectivity index is 2.19. The highest BCUT2D eigenvalue weighted by atomic mass is 16.5. The van der Waals surface area contributed by atoms with E-state index in [-0.39, 0.29) is 5.91 Å². The molecule has 0 spiro atoms. The van der Waals surface area contributed by atoms with Gasteiger partial charge in [-0.25, -0.2) is 5.84 Å². The molecule has 0 heterocycles. The summed E-state index contributed by atoms with van der Waals surface area (Å²) in [6.07, 6.45) is 0.292. The maximum atomic E-state index is 11.1. The molecule has 0 saturated heterocycles. The maximum absolute atomic E-state index is 11.1. The van der Waals surface area contributed by atoms with E-state index < -0.39 is 0 Å². The van der Waals surface area contributed by atoms with Gasteiger partial charge in [-0.3, -0.25) is 10.2 Å². The van der Waals surface area contributed by atoms with E-state index in [1.807, 2.05) is 24.3 Å². The Labute approximate surface area is 120 Å². The van der Waals surface area contributed by atoms with Crippen LogP contribution in [0.5, 0.6) is 0 Å². The van der Waals surface area contributed by atoms with E-state index >= 15 is 0 Å². The number of benzene rings is 1. The summed E-state index contributed by atoms with van der Waals surface area (Å²) in [5, 5.41) is 0. The minimum Gasteiger partial charge on any atom is -0.379 e. The first kappa shape index (κ1) is 16.6. The van der Waals surface area contributed by atoms with Crippen LogP contribution < -0.4 is 11.3 Å². The van der Waals surface area contributed by atoms with Crippen molar-refractivity contribution in [1.82, 2.24) is 5.43 Å². The molecule has 1 aromatic carbocycles. The first-order valence-electron chi connectivity index (χ1n) is 6.84. The van der Waals surface area contributed by atoms with E-state index in [1.165, 1.54) is 0 Å². The fourth-order valence-electron chi connectivity index (χ4n) is 1.62. The van der Waals surface area contributed by atoms with Crippen molar-refractivity contribution in [3.05, 3.63) is 35.4 Å². The van der Waals surface area contributed by atoms with E-state index in [2.05, 4.69) is 19.3 Å². The van der Waals surface area contributed by atoms with E-state index in [4.69, 9.17) is 15.3 Å². The first-order valence-corrected chi connectivity index (χ1v) is 6.84. The number of carbonyl (C=O) groups is 1. The molecular weight excluding hydrogens is 256 g/mol. The van der Waals surface area contributed by atoms with Crippen molar-refractivity contribution in [2.75, 3.05) is 19.8 Å². The maximum Gasteiger partial charge on any atom is 0.238 e. The molecule has 112 valence electrons. The van der Waals surface area contributed by atoms with Crippen LogP contribution in [0.2, 0.25) is 0 Å². The Bertz CT molecular complexity index is 391. The summed E-state index contributed by atoms with van der Waals surface area (Å²) in [7, 11) is 0. The largest absolute Gasteiger partial charge is 0.379 e. The molecule has 0 saturated carbocycles. The smallest absolute Gasteiger partial charge is 0.238 e. The SMILES string of the molecule is CC(C)COCCOCc1ccc(CC(=O)NN)cc1. The fourth-order valence-corrected chi connectivity index (χ4v) is 1.62. The molecule has 5 nitrogen and oxygen atoms in total. The van der Waals surface area contributed by atoms with Crippen LogP contribution in [0.3, 0.4) is 0 Å². The predicted octanol–water partition coefficient (Wildman–Crippen LogP) is 1.41. The molecular formula is C15H24N2O3. The third-order valence-corrected chi connectivity index (χ3v) is 2.64. The van der Waals surface area contributed by atoms with Gasteiger partial charge in [0.05, 0.1) is 26.2 Å². The number of nitrogens with one attached hydrogen (secondary N) is 1. The van der Waals surface area contributed by atoms with E-state index in [1.54, 1.807) is 0 Å². The molecule has 0 fully saturated rings. The number of amides is 1. The highest BCUT2D eigenvalue weighted by Gasteiger charge is 2.01. The Morgan fingerprint density at radius 2 is 1.75 bits per heavy atom. The van der Waals surface area contributed by atoms with Gasteiger partial charge in [0, 0.05) is 6.61 Å². The number of hydrazine groups is 1. The zero-order valence-electron chi connectivity index (χ0n) is 12.2. The fraction of sp³-hybridized carbons (Fsp3) is 0.533. The van der Waals surface area contributed by atoms with Crippen LogP contribution in [0, 0.1) is 5.92 Å². The minimum atomic E-state index is -0.198. The average molecular weight is 280 g/mol. The minimum absolute atomic E-state index is 0.198. The highest BCUT2D eigenvalue weighted by molar-refractivity contribution is 5.77. The second-order valence-corrected chi connectivity index (χ2v) is 5.08. The van der Waals surface area contributed by atoms with Gasteiger partial charge in [-0.15, -0.1) is 0 Å². The van der Waals surface area contributed by atoms with Crippen molar-refractivity contribution in [2.45, 2.75) is 26.9 Å². The van der Waals surface area contributed by atoms with Gasteiger partial charge in [-0.2, -0.15) is 0 Å². The lowest BCUT2D eigenvalue weighted by atomic mass is 10.1. The molecule has 0 aliphatic carbocycles. The number of rotatable bonds is 9. The van der Waals surface area contributed by atoms with Gasteiger partial charge in [0.1, 0.15) is 0 Å². The van der Waals surface area contributed by atoms with Crippen LogP contribution in [-0.4, -0.2) is 25.7 Å². The van der Waals surface area contributed by atoms with Crippen LogP contribution in [0.4, 0.5) is 0 Å². The van der Waals surface area contributed by atoms with Crippen molar-refractivity contribution >= 4 is 5.91 Å². The standard InChI is InChI=1S/C15H24N2O3/c1-12(2)10-19-7-8-20-11-14-5-3-13(4-6-14)9-15(18)17-16/h3-6,12H,7-11,16H2,1-2H3,(H,17,18). The molecule has 1 rings (SSSR count). The predicted molar refractivity (Wildman–Crippen MR) is 77.8 cm³/mol. The van der Waals surface area contributed by atoms with Crippen molar-refractivity contribution in [3.8, 4) is 0 Å². The quantitative estimate of drug-likeness (QED) is 0.310. The summed E-state index contributed by atoms with van der Waals surface area (Å²) in [5.41, 5.74) is 4.11. The van der Waals surface area contributed by atoms with Gasteiger partial charge in [-0.05, 0) is 17.0 Å². The second kappa shape index (κ2) is 9.47. The Hall–Kier alpha value is -1.43. The lowest BCUT2D eigenvalue weighted by Gasteiger charge is -2.08. The molecule has 5 heteroatoms. The van der Waals surface area contributed by atoms with Crippen molar-refractivity contribution in [2.24, 2.45) is 11.8 Å². The van der Waals surface area contributed by atoms with Crippen molar-refractivity contribution in [1.29, 1.82) is 0 Å². The summed E-state index contributed by atoms with van der Waals surface area (Å²) in [5.74, 6) is 5.39. The normalized spacial score (nSPS) is 10.8. The Morgan fingerprint density at radius 3 is 2.35 bits per heavy atom. The van der Waals surface area contributed by atoms with Gasteiger partial charge in [0.25, 0.3) is 0 Å². The second-order valence-electron chi connectivity index (χ2n) is 5.08. The Morgan fingerprint density at radius 1 is 1.15 bits per heavy atom. The topological polar surface area (TPSA) is 73.6 Å². The summed E-state index contributed by atoms with van der Waals surface area (Å²) >= 11 is 0. The monoisotopic (exact) mass is 280 g/mol. The Kier molecular flexibility index (Phi) is 7.87. The summed E-state index contributed by atoms with van der Waals surface area (Å²) < 4.78 is 10.9. The molecule has 1 amide bonds. The molecule has 0 aliphatic heterocycles. The van der Waals surface area contributed by atoms with Gasteiger partial charge in [-0.1, -0.05) is 38.1 Å². The molecule has 0 aliphatic rings. The van der Waals surface area contributed by atoms with Crippen LogP contribution >= 0.6 is 0 Å². The molecule has 0 radical (unpaired) electrons. The zero-order valence-corrected chi connectivity index (χ0v) is 12.2. The van der Waals surface area contributed by atoms with E-state index in [9.17, 15) is 4.79 Å². The number of hydrogen-bond acceptors (Lipinski definition) is 4. The first-order chi connectivity index (χ1) is 9.61. The molecule has 0 unspecified atom stereocenters. The number of ether oxygens (including phenoxy) is 2. The van der Waals surface area contributed by atoms with Crippen LogP contribution in [0.15, 0.2) is 24.3 Å². The summed E-state index contributed by atoms with van der Waals surface area (Å²) in [6.45, 7) is 6.76. The summed E-state index contributed by atoms with van der Waals surface area (Å²) in [6, 6.07) is 7.72. The van der Waals surface area contributed by atoms with Crippen molar-refractivity contribution < 1.29 is 14.3 Å². The number of nitrogens with two attached hydrogens (primary N) is 1. The summed E-state index contributed by atoms with van der Waals surface area (Å²) in [4.78, 5) is 11.1. The molecule has 20 heavy (non-hydrogen) atoms.